The smallest absolute Gasteiger partial charge is 0.308 e. The first-order valence-corrected chi connectivity index (χ1v) is 13.0. The average molecular weight is 500 g/mol. The van der Waals surface area contributed by atoms with E-state index in [1.54, 1.807) is 0 Å². The predicted octanol–water partition coefficient (Wildman–Crippen LogP) is 6.18. The molecule has 1 fully saturated rings. The van der Waals surface area contributed by atoms with Crippen LogP contribution >= 0.6 is 0 Å². The van der Waals surface area contributed by atoms with Crippen molar-refractivity contribution >= 4 is 17.1 Å². The maximum atomic E-state index is 11.4. The lowest BCUT2D eigenvalue weighted by atomic mass is 9.88. The van der Waals surface area contributed by atoms with Crippen molar-refractivity contribution in [3.63, 3.8) is 0 Å². The van der Waals surface area contributed by atoms with Gasteiger partial charge in [-0.3, -0.25) is 9.69 Å². The minimum absolute atomic E-state index is 0.244. The van der Waals surface area contributed by atoms with E-state index in [4.69, 9.17) is 18.9 Å². The van der Waals surface area contributed by atoms with Crippen molar-refractivity contribution in [3.05, 3.63) is 83.4 Å². The third kappa shape index (κ3) is 5.97. The molecule has 6 heteroatoms. The Morgan fingerprint density at radius 1 is 0.838 bits per heavy atom. The third-order valence-electron chi connectivity index (χ3n) is 6.80. The molecule has 0 aliphatic carbocycles. The van der Waals surface area contributed by atoms with Gasteiger partial charge in [0.05, 0.1) is 0 Å². The highest BCUT2D eigenvalue weighted by Crippen LogP contribution is 2.40. The van der Waals surface area contributed by atoms with Crippen molar-refractivity contribution in [2.75, 3.05) is 33.0 Å². The molecular weight excluding hydrogens is 466 g/mol. The molecule has 0 spiro atoms. The van der Waals surface area contributed by atoms with Gasteiger partial charge in [-0.2, -0.15) is 0 Å². The van der Waals surface area contributed by atoms with Gasteiger partial charge in [-0.25, -0.2) is 0 Å². The van der Waals surface area contributed by atoms with E-state index in [-0.39, 0.29) is 12.8 Å². The Bertz CT molecular complexity index is 1260. The predicted molar refractivity (Wildman–Crippen MR) is 144 cm³/mol. The molecule has 0 atom stereocenters. The van der Waals surface area contributed by atoms with Gasteiger partial charge in [0.25, 0.3) is 0 Å². The number of allylic oxidation sites excluding steroid dienone is 1. The lowest BCUT2D eigenvalue weighted by molar-refractivity contribution is -0.131. The van der Waals surface area contributed by atoms with E-state index in [9.17, 15) is 4.79 Å². The number of hydrogen-bond acceptors (Lipinski definition) is 6. The first-order chi connectivity index (χ1) is 18.1. The maximum Gasteiger partial charge on any atom is 0.308 e. The zero-order chi connectivity index (χ0) is 25.6. The summed E-state index contributed by atoms with van der Waals surface area (Å²) in [6, 6.07) is 22.1. The molecule has 1 saturated heterocycles. The monoisotopic (exact) mass is 499 g/mol. The molecule has 0 amide bonds. The van der Waals surface area contributed by atoms with Crippen LogP contribution in [-0.4, -0.2) is 43.9 Å². The van der Waals surface area contributed by atoms with Gasteiger partial charge in [0.2, 0.25) is 6.79 Å². The highest BCUT2D eigenvalue weighted by molar-refractivity contribution is 5.99. The summed E-state index contributed by atoms with van der Waals surface area (Å²) in [5.74, 6) is 2.59. The molecule has 2 heterocycles. The second-order valence-electron chi connectivity index (χ2n) is 9.31. The lowest BCUT2D eigenvalue weighted by Crippen LogP contribution is -2.25. The molecule has 0 N–H and O–H groups in total. The number of ether oxygens (including phenoxy) is 4. The number of likely N-dealkylation sites (tertiary alicyclic amines) is 1. The summed E-state index contributed by atoms with van der Waals surface area (Å²) < 4.78 is 22.5. The van der Waals surface area contributed by atoms with Crippen LogP contribution in [0.1, 0.15) is 49.8 Å². The highest BCUT2D eigenvalue weighted by Gasteiger charge is 2.18. The van der Waals surface area contributed by atoms with Crippen LogP contribution in [0.4, 0.5) is 0 Å². The summed E-state index contributed by atoms with van der Waals surface area (Å²) in [6.45, 7) is 7.81. The van der Waals surface area contributed by atoms with Crippen molar-refractivity contribution in [2.24, 2.45) is 0 Å². The Morgan fingerprint density at radius 2 is 1.46 bits per heavy atom. The second kappa shape index (κ2) is 11.5. The minimum atomic E-state index is -0.335. The zero-order valence-electron chi connectivity index (χ0n) is 21.5. The van der Waals surface area contributed by atoms with Gasteiger partial charge in [-0.15, -0.1) is 0 Å². The number of carbonyl (C=O) groups is 1. The summed E-state index contributed by atoms with van der Waals surface area (Å²) in [4.78, 5) is 13.9. The molecule has 5 rings (SSSR count). The fourth-order valence-corrected chi connectivity index (χ4v) is 5.00. The molecule has 37 heavy (non-hydrogen) atoms. The second-order valence-corrected chi connectivity index (χ2v) is 9.31. The van der Waals surface area contributed by atoms with E-state index in [1.807, 2.05) is 48.5 Å². The number of carbonyl (C=O) groups excluding carboxylic acids is 1. The van der Waals surface area contributed by atoms with Crippen LogP contribution in [-0.2, 0) is 4.79 Å². The molecule has 192 valence electrons. The van der Waals surface area contributed by atoms with E-state index < -0.39 is 0 Å². The van der Waals surface area contributed by atoms with Gasteiger partial charge in [0, 0.05) is 13.5 Å². The first-order valence-electron chi connectivity index (χ1n) is 13.0. The van der Waals surface area contributed by atoms with Gasteiger partial charge >= 0.3 is 5.97 Å². The number of benzene rings is 3. The SMILES string of the molecule is CCC(=C(c1ccc(OCCN2CCCC2)cc1)c1ccc(OC(C)=O)cc1)c1ccc2c(c1)OCO2. The Hall–Kier alpha value is -3.77. The lowest BCUT2D eigenvalue weighted by Gasteiger charge is -2.18. The minimum Gasteiger partial charge on any atom is -0.492 e. The van der Waals surface area contributed by atoms with Crippen LogP contribution in [0.5, 0.6) is 23.0 Å². The molecule has 3 aromatic rings. The molecule has 0 radical (unpaired) electrons. The Balaban J connectivity index is 1.47. The van der Waals surface area contributed by atoms with Gasteiger partial charge in [-0.1, -0.05) is 37.3 Å². The highest BCUT2D eigenvalue weighted by atomic mass is 16.7. The Labute approximate surface area is 218 Å². The molecule has 0 bridgehead atoms. The number of hydrogen-bond donors (Lipinski definition) is 0. The van der Waals surface area contributed by atoms with Crippen molar-refractivity contribution in [1.82, 2.24) is 4.90 Å². The van der Waals surface area contributed by atoms with E-state index in [0.29, 0.717) is 12.4 Å². The summed E-state index contributed by atoms with van der Waals surface area (Å²) in [5.41, 5.74) is 5.49. The molecule has 0 aromatic heterocycles. The van der Waals surface area contributed by atoms with Gasteiger partial charge in [0.1, 0.15) is 18.1 Å². The van der Waals surface area contributed by atoms with Crippen LogP contribution in [0.3, 0.4) is 0 Å². The molecule has 3 aromatic carbocycles. The quantitative estimate of drug-likeness (QED) is 0.199. The molecule has 2 aliphatic heterocycles. The largest absolute Gasteiger partial charge is 0.492 e. The van der Waals surface area contributed by atoms with E-state index >= 15 is 0 Å². The molecular formula is C31H33NO5. The summed E-state index contributed by atoms with van der Waals surface area (Å²) in [7, 11) is 0. The number of rotatable bonds is 9. The van der Waals surface area contributed by atoms with Crippen molar-refractivity contribution in [3.8, 4) is 23.0 Å². The van der Waals surface area contributed by atoms with Crippen LogP contribution in [0, 0.1) is 0 Å². The topological polar surface area (TPSA) is 57.2 Å². The molecule has 2 aliphatic rings. The molecule has 6 nitrogen and oxygen atoms in total. The van der Waals surface area contributed by atoms with E-state index in [0.717, 1.165) is 52.5 Å². The fourth-order valence-electron chi connectivity index (χ4n) is 5.00. The maximum absolute atomic E-state index is 11.4. The van der Waals surface area contributed by atoms with Crippen LogP contribution in [0.25, 0.3) is 11.1 Å². The van der Waals surface area contributed by atoms with Gasteiger partial charge in [0.15, 0.2) is 11.5 Å². The van der Waals surface area contributed by atoms with Crippen LogP contribution in [0.15, 0.2) is 66.7 Å². The van der Waals surface area contributed by atoms with Gasteiger partial charge < -0.3 is 18.9 Å². The zero-order valence-corrected chi connectivity index (χ0v) is 21.5. The fraction of sp³-hybridized carbons (Fsp3) is 0.323. The summed E-state index contributed by atoms with van der Waals surface area (Å²) >= 11 is 0. The molecule has 0 saturated carbocycles. The van der Waals surface area contributed by atoms with Crippen molar-refractivity contribution < 1.29 is 23.7 Å². The third-order valence-corrected chi connectivity index (χ3v) is 6.80. The molecule has 0 unspecified atom stereocenters. The van der Waals surface area contributed by atoms with E-state index in [2.05, 4.69) is 30.0 Å². The number of fused-ring (bicyclic) bond motifs is 1. The number of nitrogens with zero attached hydrogens (tertiary/aromatic N) is 1. The normalized spacial score (nSPS) is 15.4. The number of esters is 1. The van der Waals surface area contributed by atoms with E-state index in [1.165, 1.54) is 38.4 Å². The van der Waals surface area contributed by atoms with Gasteiger partial charge in [-0.05, 0) is 96.6 Å². The Morgan fingerprint density at radius 3 is 2.11 bits per heavy atom. The summed E-state index contributed by atoms with van der Waals surface area (Å²) in [6.07, 6.45) is 3.39. The first kappa shape index (κ1) is 24.9. The standard InChI is InChI=1S/C31H33NO5/c1-3-28(25-10-15-29-30(20-25)36-21-35-29)31(24-8-13-27(14-9-24)37-22(2)33)23-6-11-26(12-7-23)34-19-18-32-16-4-5-17-32/h6-15,20H,3-5,16-19,21H2,1-2H3. The van der Waals surface area contributed by atoms with Crippen LogP contribution < -0.4 is 18.9 Å². The summed E-state index contributed by atoms with van der Waals surface area (Å²) in [5, 5.41) is 0. The van der Waals surface area contributed by atoms with Crippen molar-refractivity contribution in [1.29, 1.82) is 0 Å². The van der Waals surface area contributed by atoms with Crippen molar-refractivity contribution in [2.45, 2.75) is 33.1 Å². The Kier molecular flexibility index (Phi) is 7.76. The van der Waals surface area contributed by atoms with Crippen LogP contribution in [0.2, 0.25) is 0 Å². The average Bonchev–Trinajstić information content (AvgIpc) is 3.60.